The van der Waals surface area contributed by atoms with Crippen molar-refractivity contribution in [2.45, 2.75) is 37.1 Å². The molecular formula is C7H14O18S4. The Hall–Kier alpha value is -0.600. The Morgan fingerprint density at radius 2 is 1.17 bits per heavy atom. The van der Waals surface area contributed by atoms with Crippen LogP contribution in [0.3, 0.4) is 0 Å². The molecule has 22 heteroatoms. The van der Waals surface area contributed by atoms with Crippen molar-refractivity contribution in [1.82, 2.24) is 0 Å². The Balaban J connectivity index is 3.54. The van der Waals surface area contributed by atoms with Crippen LogP contribution in [0, 0.1) is 0 Å². The maximum Gasteiger partial charge on any atom is 0.397 e. The zero-order valence-corrected chi connectivity index (χ0v) is 17.0. The van der Waals surface area contributed by atoms with Crippen LogP contribution < -0.4 is 0 Å². The normalized spacial score (nSPS) is 32.2. The van der Waals surface area contributed by atoms with E-state index in [-0.39, 0.29) is 0 Å². The third-order valence-corrected chi connectivity index (χ3v) is 4.79. The van der Waals surface area contributed by atoms with Gasteiger partial charge in [0.1, 0.15) is 18.3 Å². The second-order valence-corrected chi connectivity index (χ2v) is 9.58. The molecule has 1 fully saturated rings. The van der Waals surface area contributed by atoms with Crippen LogP contribution in [-0.4, -0.2) is 93.8 Å². The van der Waals surface area contributed by atoms with Gasteiger partial charge >= 0.3 is 41.6 Å². The fourth-order valence-corrected chi connectivity index (χ4v) is 4.05. The first-order valence-electron chi connectivity index (χ1n) is 6.59. The van der Waals surface area contributed by atoms with Crippen molar-refractivity contribution in [3.05, 3.63) is 0 Å². The predicted molar refractivity (Wildman–Crippen MR) is 82.3 cm³/mol. The van der Waals surface area contributed by atoms with Crippen molar-refractivity contribution in [1.29, 1.82) is 0 Å². The van der Waals surface area contributed by atoms with Crippen LogP contribution >= 0.6 is 0 Å². The lowest BCUT2D eigenvalue weighted by Crippen LogP contribution is -2.67. The summed E-state index contributed by atoms with van der Waals surface area (Å²) in [6, 6.07) is 0. The molecule has 0 amide bonds. The van der Waals surface area contributed by atoms with Crippen LogP contribution in [0.5, 0.6) is 0 Å². The van der Waals surface area contributed by atoms with Gasteiger partial charge in [-0.25, -0.2) is 16.7 Å². The highest BCUT2D eigenvalue weighted by Gasteiger charge is 2.58. The lowest BCUT2D eigenvalue weighted by atomic mass is 9.94. The van der Waals surface area contributed by atoms with Gasteiger partial charge in [0.2, 0.25) is 0 Å². The first kappa shape index (κ1) is 26.4. The largest absolute Gasteiger partial charge is 0.397 e. The predicted octanol–water partition coefficient (Wildman–Crippen LogP) is -3.52. The second kappa shape index (κ2) is 8.50. The van der Waals surface area contributed by atoms with Gasteiger partial charge in [-0.2, -0.15) is 33.7 Å². The Labute approximate surface area is 164 Å². The van der Waals surface area contributed by atoms with Gasteiger partial charge in [-0.15, -0.1) is 0 Å². The molecule has 1 aliphatic heterocycles. The molecule has 0 bridgehead atoms. The van der Waals surface area contributed by atoms with Crippen LogP contribution in [0.4, 0.5) is 0 Å². The molecule has 0 spiro atoms. The first-order chi connectivity index (χ1) is 12.6. The SMILES string of the molecule is C[C@]1(O)O[C@H](COS(=O)(=O)O)[C@@H](OS(=O)(=O)O)[C@H](OS(=O)(=O)O)[C@H]1OS(=O)(=O)O. The van der Waals surface area contributed by atoms with E-state index in [4.69, 9.17) is 22.9 Å². The summed E-state index contributed by atoms with van der Waals surface area (Å²) in [6.07, 6.45) is -10.3. The minimum Gasteiger partial charge on any atom is -0.363 e. The molecule has 174 valence electrons. The third-order valence-electron chi connectivity index (χ3n) is 2.98. The first-order valence-corrected chi connectivity index (χ1v) is 12.0. The minimum absolute atomic E-state index is 0.549. The smallest absolute Gasteiger partial charge is 0.363 e. The van der Waals surface area contributed by atoms with E-state index < -0.39 is 78.4 Å². The van der Waals surface area contributed by atoms with Crippen LogP contribution in [0.1, 0.15) is 6.92 Å². The molecular weight excluding hydrogens is 500 g/mol. The highest BCUT2D eigenvalue weighted by atomic mass is 32.3. The summed E-state index contributed by atoms with van der Waals surface area (Å²) < 4.78 is 143. The van der Waals surface area contributed by atoms with E-state index in [2.05, 4.69) is 16.7 Å². The second-order valence-electron chi connectivity index (χ2n) is 5.34. The highest BCUT2D eigenvalue weighted by molar-refractivity contribution is 7.81. The number of ether oxygens (including phenoxy) is 1. The zero-order chi connectivity index (χ0) is 23.1. The quantitative estimate of drug-likeness (QED) is 0.186. The third kappa shape index (κ3) is 9.39. The van der Waals surface area contributed by atoms with E-state index in [0.29, 0.717) is 6.92 Å². The monoisotopic (exact) mass is 514 g/mol. The summed E-state index contributed by atoms with van der Waals surface area (Å²) in [6.45, 7) is -0.883. The van der Waals surface area contributed by atoms with Gasteiger partial charge in [0, 0.05) is 0 Å². The zero-order valence-electron chi connectivity index (χ0n) is 13.7. The lowest BCUT2D eigenvalue weighted by molar-refractivity contribution is -0.327. The van der Waals surface area contributed by atoms with Gasteiger partial charge < -0.3 is 9.84 Å². The van der Waals surface area contributed by atoms with Crippen LogP contribution in [0.2, 0.25) is 0 Å². The minimum atomic E-state index is -5.61. The molecule has 0 aromatic rings. The van der Waals surface area contributed by atoms with E-state index in [1.54, 1.807) is 0 Å². The standard InChI is InChI=1S/C7H14O18S4/c1-7(8)6(25-29(18,19)20)5(24-28(15,16)17)4(23-27(12,13)14)3(22-7)2-21-26(9,10)11/h3-6,8H,2H2,1H3,(H,9,10,11)(H,12,13,14)(H,15,16,17)(H,18,19,20)/t3-,4-,5+,6-,7+/m1/s1. The molecule has 0 aromatic heterocycles. The van der Waals surface area contributed by atoms with E-state index >= 15 is 0 Å². The summed E-state index contributed by atoms with van der Waals surface area (Å²) in [5.41, 5.74) is 0. The fraction of sp³-hybridized carbons (Fsp3) is 1.00. The van der Waals surface area contributed by atoms with Crippen molar-refractivity contribution >= 4 is 41.6 Å². The molecule has 5 N–H and O–H groups in total. The van der Waals surface area contributed by atoms with Gasteiger partial charge in [0.15, 0.2) is 11.9 Å². The van der Waals surface area contributed by atoms with E-state index in [9.17, 15) is 38.8 Å². The fourth-order valence-electron chi connectivity index (χ4n) is 2.19. The Bertz CT molecular complexity index is 1000. The lowest BCUT2D eigenvalue weighted by Gasteiger charge is -2.46. The van der Waals surface area contributed by atoms with E-state index in [1.165, 1.54) is 0 Å². The molecule has 0 aliphatic carbocycles. The van der Waals surface area contributed by atoms with Gasteiger partial charge in [-0.05, 0) is 6.92 Å². The molecule has 0 unspecified atom stereocenters. The average molecular weight is 514 g/mol. The van der Waals surface area contributed by atoms with E-state index in [0.717, 1.165) is 0 Å². The van der Waals surface area contributed by atoms with Gasteiger partial charge in [-0.3, -0.25) is 18.2 Å². The summed E-state index contributed by atoms with van der Waals surface area (Å²) in [4.78, 5) is 0. The molecule has 1 heterocycles. The molecule has 1 rings (SSSR count). The number of hydrogen-bond acceptors (Lipinski definition) is 14. The molecule has 0 saturated carbocycles. The summed E-state index contributed by atoms with van der Waals surface area (Å²) in [5, 5.41) is 10.2. The maximum absolute atomic E-state index is 11.1. The molecule has 1 saturated heterocycles. The van der Waals surface area contributed by atoms with Gasteiger partial charge in [-0.1, -0.05) is 0 Å². The summed E-state index contributed by atoms with van der Waals surface area (Å²) in [5.74, 6) is -3.03. The molecule has 0 radical (unpaired) electrons. The summed E-state index contributed by atoms with van der Waals surface area (Å²) in [7, 11) is -21.9. The Morgan fingerprint density at radius 3 is 1.55 bits per heavy atom. The van der Waals surface area contributed by atoms with Crippen LogP contribution in [0.25, 0.3) is 0 Å². The number of aliphatic hydroxyl groups is 1. The molecule has 0 aromatic carbocycles. The number of rotatable bonds is 9. The Morgan fingerprint density at radius 1 is 0.759 bits per heavy atom. The van der Waals surface area contributed by atoms with Crippen molar-refractivity contribution in [2.75, 3.05) is 6.61 Å². The highest BCUT2D eigenvalue weighted by Crippen LogP contribution is 2.35. The average Bonchev–Trinajstić information content (AvgIpc) is 2.39. The maximum atomic E-state index is 11.1. The molecule has 1 aliphatic rings. The van der Waals surface area contributed by atoms with E-state index in [1.807, 2.05) is 0 Å². The Kier molecular flexibility index (Phi) is 7.75. The molecule has 5 atom stereocenters. The van der Waals surface area contributed by atoms with Crippen molar-refractivity contribution in [2.24, 2.45) is 0 Å². The number of hydrogen-bond donors (Lipinski definition) is 5. The van der Waals surface area contributed by atoms with Crippen LogP contribution in [0.15, 0.2) is 0 Å². The topological polar surface area (TPSA) is 284 Å². The molecule has 29 heavy (non-hydrogen) atoms. The van der Waals surface area contributed by atoms with Crippen molar-refractivity contribution < 1.29 is 78.5 Å². The van der Waals surface area contributed by atoms with Crippen molar-refractivity contribution in [3.63, 3.8) is 0 Å². The summed E-state index contributed by atoms with van der Waals surface area (Å²) >= 11 is 0. The van der Waals surface area contributed by atoms with Crippen molar-refractivity contribution in [3.8, 4) is 0 Å². The van der Waals surface area contributed by atoms with Gasteiger partial charge in [0.25, 0.3) is 0 Å². The van der Waals surface area contributed by atoms with Gasteiger partial charge in [0.05, 0.1) is 6.61 Å². The molecule has 18 nitrogen and oxygen atoms in total. The van der Waals surface area contributed by atoms with Crippen LogP contribution in [-0.2, 0) is 63.1 Å².